The van der Waals surface area contributed by atoms with E-state index >= 15 is 0 Å². The number of hydrogen-bond acceptors (Lipinski definition) is 10. The van der Waals surface area contributed by atoms with Crippen LogP contribution in [0, 0.1) is 0 Å². The molecule has 0 bridgehead atoms. The molecule has 7 unspecified atom stereocenters. The summed E-state index contributed by atoms with van der Waals surface area (Å²) >= 11 is 0. The Morgan fingerprint density at radius 2 is 0.955 bits per heavy atom. The molecule has 0 aliphatic carbocycles. The van der Waals surface area contributed by atoms with Crippen molar-refractivity contribution in [1.29, 1.82) is 0 Å². The van der Waals surface area contributed by atoms with E-state index in [2.05, 4.69) is 31.3 Å². The van der Waals surface area contributed by atoms with E-state index in [-0.39, 0.29) is 18.5 Å². The zero-order valence-corrected chi connectivity index (χ0v) is 43.1. The fourth-order valence-corrected chi connectivity index (χ4v) is 8.78. The number of aliphatic hydroxyl groups is 5. The first-order valence-electron chi connectivity index (χ1n) is 28.1. The van der Waals surface area contributed by atoms with Gasteiger partial charge in [-0.3, -0.25) is 9.59 Å². The van der Waals surface area contributed by atoms with Crippen molar-refractivity contribution >= 4 is 11.9 Å². The Hall–Kier alpha value is -1.86. The number of nitrogens with one attached hydrogen (secondary N) is 1. The summed E-state index contributed by atoms with van der Waals surface area (Å²) in [5.41, 5.74) is 0. The largest absolute Gasteiger partial charge is 0.466 e. The van der Waals surface area contributed by atoms with E-state index in [4.69, 9.17) is 14.2 Å². The summed E-state index contributed by atoms with van der Waals surface area (Å²) in [5, 5.41) is 54.1. The van der Waals surface area contributed by atoms with Crippen molar-refractivity contribution in [3.8, 4) is 0 Å². The minimum absolute atomic E-state index is 0.0210. The van der Waals surface area contributed by atoms with Crippen LogP contribution in [0.3, 0.4) is 0 Å². The molecule has 1 amide bonds. The third-order valence-corrected chi connectivity index (χ3v) is 13.3. The molecule has 0 radical (unpaired) electrons. The number of esters is 1. The van der Waals surface area contributed by atoms with Gasteiger partial charge in [0.15, 0.2) is 6.29 Å². The van der Waals surface area contributed by atoms with Crippen molar-refractivity contribution in [2.24, 2.45) is 0 Å². The van der Waals surface area contributed by atoms with E-state index in [1.807, 2.05) is 6.08 Å². The van der Waals surface area contributed by atoms with Crippen LogP contribution in [0.5, 0.6) is 0 Å². The molecule has 0 aromatic carbocycles. The number of carbonyl (C=O) groups excluding carboxylic acids is 2. The van der Waals surface area contributed by atoms with Gasteiger partial charge in [0.1, 0.15) is 24.4 Å². The lowest BCUT2D eigenvalue weighted by Gasteiger charge is -2.40. The average molecular weight is 952 g/mol. The van der Waals surface area contributed by atoms with E-state index in [1.165, 1.54) is 167 Å². The molecule has 67 heavy (non-hydrogen) atoms. The summed E-state index contributed by atoms with van der Waals surface area (Å²) < 4.78 is 16.7. The lowest BCUT2D eigenvalue weighted by Crippen LogP contribution is -2.60. The highest BCUT2D eigenvalue weighted by atomic mass is 16.7. The highest BCUT2D eigenvalue weighted by molar-refractivity contribution is 5.76. The van der Waals surface area contributed by atoms with Crippen molar-refractivity contribution in [1.82, 2.24) is 5.32 Å². The minimum Gasteiger partial charge on any atom is -0.466 e. The fourth-order valence-electron chi connectivity index (χ4n) is 8.78. The number of ether oxygens (including phenoxy) is 3. The van der Waals surface area contributed by atoms with Crippen molar-refractivity contribution in [2.75, 3.05) is 19.8 Å². The average Bonchev–Trinajstić information content (AvgIpc) is 3.32. The highest BCUT2D eigenvalue weighted by Gasteiger charge is 2.44. The monoisotopic (exact) mass is 952 g/mol. The van der Waals surface area contributed by atoms with Gasteiger partial charge in [-0.2, -0.15) is 0 Å². The predicted octanol–water partition coefficient (Wildman–Crippen LogP) is 12.2. The van der Waals surface area contributed by atoms with E-state index < -0.39 is 49.5 Å². The van der Waals surface area contributed by atoms with Crippen LogP contribution in [-0.2, 0) is 23.8 Å². The first-order valence-corrected chi connectivity index (χ1v) is 28.1. The van der Waals surface area contributed by atoms with Gasteiger partial charge < -0.3 is 45.1 Å². The Bertz CT molecular complexity index is 1170. The number of hydrogen-bond donors (Lipinski definition) is 6. The number of amides is 1. The molecule has 1 aliphatic heterocycles. The number of rotatable bonds is 48. The minimum atomic E-state index is -1.57. The lowest BCUT2D eigenvalue weighted by atomic mass is 9.99. The molecule has 11 heteroatoms. The van der Waals surface area contributed by atoms with Gasteiger partial charge >= 0.3 is 5.97 Å². The highest BCUT2D eigenvalue weighted by Crippen LogP contribution is 2.23. The Morgan fingerprint density at radius 3 is 1.45 bits per heavy atom. The molecule has 1 rings (SSSR count). The van der Waals surface area contributed by atoms with Crippen molar-refractivity contribution in [2.45, 2.75) is 301 Å². The molecular formula is C56H105NO10. The molecule has 0 saturated carbocycles. The van der Waals surface area contributed by atoms with Gasteiger partial charge in [0, 0.05) is 12.8 Å². The van der Waals surface area contributed by atoms with Gasteiger partial charge in [-0.05, 0) is 57.8 Å². The third-order valence-electron chi connectivity index (χ3n) is 13.3. The van der Waals surface area contributed by atoms with Crippen molar-refractivity contribution in [3.63, 3.8) is 0 Å². The standard InChI is InChI=1S/C56H105NO10/c1-3-5-7-9-11-13-14-20-24-28-32-36-40-44-52(61)65-45-41-37-33-29-25-22-19-17-15-16-18-21-23-27-31-35-39-43-51(60)57-48(49(59)42-38-34-30-26-12-10-8-6-4-2)47-66-56-55(64)54(63)53(62)50(46-58)67-56/h13-14,38,42,48-50,53-56,58-59,62-64H,3-12,15-37,39-41,43-47H2,1-2H3,(H,57,60)/b14-13-,42-38+. The molecule has 1 fully saturated rings. The van der Waals surface area contributed by atoms with E-state index in [1.54, 1.807) is 6.08 Å². The van der Waals surface area contributed by atoms with Crippen molar-refractivity contribution < 1.29 is 49.3 Å². The van der Waals surface area contributed by atoms with Gasteiger partial charge in [-0.15, -0.1) is 0 Å². The Morgan fingerprint density at radius 1 is 0.537 bits per heavy atom. The topological polar surface area (TPSA) is 175 Å². The van der Waals surface area contributed by atoms with Gasteiger partial charge in [-0.25, -0.2) is 0 Å². The second kappa shape index (κ2) is 46.5. The second-order valence-corrected chi connectivity index (χ2v) is 19.6. The van der Waals surface area contributed by atoms with Crippen LogP contribution < -0.4 is 5.32 Å². The van der Waals surface area contributed by atoms with Crippen LogP contribution in [0.1, 0.15) is 258 Å². The molecule has 0 spiro atoms. The molecule has 0 aromatic heterocycles. The molecule has 1 heterocycles. The maximum atomic E-state index is 13.0. The fraction of sp³-hybridized carbons (Fsp3) is 0.893. The summed E-state index contributed by atoms with van der Waals surface area (Å²) in [7, 11) is 0. The molecule has 11 nitrogen and oxygen atoms in total. The Labute approximate surface area is 410 Å². The molecular weight excluding hydrogens is 847 g/mol. The number of aliphatic hydroxyl groups excluding tert-OH is 5. The van der Waals surface area contributed by atoms with Gasteiger partial charge in [0.05, 0.1) is 32.0 Å². The molecule has 1 aliphatic rings. The van der Waals surface area contributed by atoms with Gasteiger partial charge in [0.2, 0.25) is 5.91 Å². The zero-order valence-electron chi connectivity index (χ0n) is 43.1. The van der Waals surface area contributed by atoms with Gasteiger partial charge in [0.25, 0.3) is 0 Å². The second-order valence-electron chi connectivity index (χ2n) is 19.6. The van der Waals surface area contributed by atoms with Crippen LogP contribution in [0.4, 0.5) is 0 Å². The normalized spacial score (nSPS) is 19.7. The summed E-state index contributed by atoms with van der Waals surface area (Å²) in [6.07, 6.45) is 44.1. The smallest absolute Gasteiger partial charge is 0.305 e. The third kappa shape index (κ3) is 36.7. The summed E-state index contributed by atoms with van der Waals surface area (Å²) in [4.78, 5) is 25.0. The molecule has 0 aromatic rings. The zero-order chi connectivity index (χ0) is 48.8. The van der Waals surface area contributed by atoms with Crippen LogP contribution in [0.25, 0.3) is 0 Å². The maximum Gasteiger partial charge on any atom is 0.305 e. The van der Waals surface area contributed by atoms with E-state index in [0.717, 1.165) is 64.2 Å². The Kier molecular flexibility index (Phi) is 43.8. The van der Waals surface area contributed by atoms with Crippen LogP contribution >= 0.6 is 0 Å². The number of carbonyl (C=O) groups is 2. The van der Waals surface area contributed by atoms with E-state index in [9.17, 15) is 35.1 Å². The van der Waals surface area contributed by atoms with Gasteiger partial charge in [-0.1, -0.05) is 212 Å². The Balaban J connectivity index is 2.05. The number of allylic oxidation sites excluding steroid dienone is 3. The van der Waals surface area contributed by atoms with Crippen LogP contribution in [-0.4, -0.2) is 100 Å². The summed E-state index contributed by atoms with van der Waals surface area (Å²) in [6.45, 7) is 4.28. The lowest BCUT2D eigenvalue weighted by molar-refractivity contribution is -0.302. The maximum absolute atomic E-state index is 13.0. The first-order chi connectivity index (χ1) is 32.7. The van der Waals surface area contributed by atoms with Crippen molar-refractivity contribution in [3.05, 3.63) is 24.3 Å². The molecule has 7 atom stereocenters. The van der Waals surface area contributed by atoms with Crippen LogP contribution in [0.15, 0.2) is 24.3 Å². The van der Waals surface area contributed by atoms with Crippen LogP contribution in [0.2, 0.25) is 0 Å². The number of unbranched alkanes of at least 4 members (excludes halogenated alkanes) is 32. The predicted molar refractivity (Wildman–Crippen MR) is 274 cm³/mol. The molecule has 394 valence electrons. The molecule has 1 saturated heterocycles. The van der Waals surface area contributed by atoms with E-state index in [0.29, 0.717) is 19.4 Å². The summed E-state index contributed by atoms with van der Waals surface area (Å²) in [5.74, 6) is -0.210. The SMILES string of the molecule is CCCCCC/C=C\CCCCCCCC(=O)OCCCCCCCCCCCCCCCCCCCC(=O)NC(COC1OC(CO)C(O)C(O)C1O)C(O)/C=C/CCCCCCCCC. The summed E-state index contributed by atoms with van der Waals surface area (Å²) in [6, 6.07) is -0.812. The quantitative estimate of drug-likeness (QED) is 0.0196. The molecule has 6 N–H and O–H groups in total. The first kappa shape index (κ1) is 63.2.